The Kier molecular flexibility index (Phi) is 3.04. The van der Waals surface area contributed by atoms with Crippen LogP contribution in [0.1, 0.15) is 41.1 Å². The number of benzene rings is 9. The van der Waals surface area contributed by atoms with Gasteiger partial charge in [-0.2, -0.15) is 0 Å². The van der Waals surface area contributed by atoms with Gasteiger partial charge < -0.3 is 13.4 Å². The summed E-state index contributed by atoms with van der Waals surface area (Å²) in [4.78, 5) is 14.1. The molecular formula is C53H30N4O2. The molecule has 274 valence electrons. The van der Waals surface area contributed by atoms with Crippen LogP contribution in [0.25, 0.3) is 127 Å². The Balaban J connectivity index is 1.33. The summed E-state index contributed by atoms with van der Waals surface area (Å²) in [7, 11) is 0. The van der Waals surface area contributed by atoms with E-state index in [1.165, 1.54) is 0 Å². The molecule has 0 atom stereocenters. The smallest absolute Gasteiger partial charge is 0.164 e. The van der Waals surface area contributed by atoms with Crippen molar-refractivity contribution in [2.24, 2.45) is 0 Å². The standard InChI is InChI=1S/C53H30N4O2/c1-2-16-34(17-3-1)57-43-23-11-8-20-37(43)38-27-26-33(30-44(38)57)51-54-52(41-28-31-14-4-6-18-35(31)49-47(41)39-21-9-12-24-45(39)58-49)56-53(55-51)42-29-32-15-5-7-19-36(32)50-48(42)40-22-10-13-25-46(40)59-50/h1-30H/i1D,2D,3D,4D,5D,6D,7D,8D,9D,10D,11D,12D,13D,14D,15D,16D,17D,18D,19D,20D,21D,22D,23D,24D,25D,26D,27D,28D,29D,30D. The Bertz CT molecular complexity index is 5380. The van der Waals surface area contributed by atoms with Gasteiger partial charge in [-0.15, -0.1) is 0 Å². The Morgan fingerprint density at radius 3 is 1.47 bits per heavy atom. The van der Waals surface area contributed by atoms with E-state index in [9.17, 15) is 13.7 Å². The maximum absolute atomic E-state index is 10.2. The first-order chi connectivity index (χ1) is 41.7. The van der Waals surface area contributed by atoms with Crippen LogP contribution in [0.3, 0.4) is 0 Å². The molecule has 0 unspecified atom stereocenters. The molecule has 9 aromatic carbocycles. The van der Waals surface area contributed by atoms with Crippen LogP contribution in [0, 0.1) is 0 Å². The molecule has 6 nitrogen and oxygen atoms in total. The van der Waals surface area contributed by atoms with E-state index < -0.39 is 308 Å². The van der Waals surface area contributed by atoms with E-state index in [0.29, 0.717) is 4.57 Å². The average Bonchev–Trinajstić information content (AvgIpc) is 1.62. The van der Waals surface area contributed by atoms with Crippen LogP contribution in [0.2, 0.25) is 0 Å². The molecule has 4 aromatic heterocycles. The van der Waals surface area contributed by atoms with Gasteiger partial charge in [0.05, 0.1) is 52.2 Å². The summed E-state index contributed by atoms with van der Waals surface area (Å²) in [5, 5.41) is -5.65. The maximum Gasteiger partial charge on any atom is 0.164 e. The number of fused-ring (bicyclic) bond motifs is 13. The van der Waals surface area contributed by atoms with Gasteiger partial charge in [-0.3, -0.25) is 0 Å². The third-order valence-corrected chi connectivity index (χ3v) is 9.67. The van der Waals surface area contributed by atoms with Crippen molar-refractivity contribution in [2.75, 3.05) is 0 Å². The minimum Gasteiger partial charge on any atom is -0.455 e. The highest BCUT2D eigenvalue weighted by molar-refractivity contribution is 6.22. The summed E-state index contributed by atoms with van der Waals surface area (Å²) in [6.45, 7) is 0. The third kappa shape index (κ3) is 4.71. The van der Waals surface area contributed by atoms with Crippen LogP contribution >= 0.6 is 0 Å². The van der Waals surface area contributed by atoms with Gasteiger partial charge in [-0.05, 0) is 59.1 Å². The van der Waals surface area contributed by atoms with Crippen LogP contribution in [0.4, 0.5) is 0 Å². The molecule has 6 heteroatoms. The molecule has 0 radical (unpaired) electrons. The second kappa shape index (κ2) is 12.2. The number of para-hydroxylation sites is 4. The average molecular weight is 785 g/mol. The van der Waals surface area contributed by atoms with Gasteiger partial charge in [0.25, 0.3) is 0 Å². The van der Waals surface area contributed by atoms with Crippen LogP contribution in [-0.4, -0.2) is 19.5 Å². The zero-order valence-corrected chi connectivity index (χ0v) is 29.1. The van der Waals surface area contributed by atoms with Crippen molar-refractivity contribution < 1.29 is 50.0 Å². The molecule has 4 heterocycles. The fourth-order valence-corrected chi connectivity index (χ4v) is 7.25. The van der Waals surface area contributed by atoms with E-state index in [1.54, 1.807) is 0 Å². The molecule has 13 aromatic rings. The normalized spacial score (nSPS) is 19.2. The molecule has 0 spiro atoms. The molecule has 0 amide bonds. The molecule has 59 heavy (non-hydrogen) atoms. The Morgan fingerprint density at radius 1 is 0.390 bits per heavy atom. The lowest BCUT2D eigenvalue weighted by molar-refractivity contribution is 0.672. The first-order valence-corrected chi connectivity index (χ1v) is 17.3. The lowest BCUT2D eigenvalue weighted by Gasteiger charge is -2.12. The van der Waals surface area contributed by atoms with E-state index in [4.69, 9.17) is 41.2 Å². The van der Waals surface area contributed by atoms with Crippen molar-refractivity contribution in [2.45, 2.75) is 0 Å². The summed E-state index contributed by atoms with van der Waals surface area (Å²) in [5.74, 6) is -2.82. The zero-order chi connectivity index (χ0) is 64.7. The van der Waals surface area contributed by atoms with Crippen molar-refractivity contribution in [3.63, 3.8) is 0 Å². The third-order valence-electron chi connectivity index (χ3n) is 9.67. The van der Waals surface area contributed by atoms with Crippen molar-refractivity contribution in [3.8, 4) is 39.9 Å². The van der Waals surface area contributed by atoms with Gasteiger partial charge in [0, 0.05) is 65.5 Å². The van der Waals surface area contributed by atoms with E-state index in [2.05, 4.69) is 9.97 Å². The largest absolute Gasteiger partial charge is 0.455 e. The lowest BCUT2D eigenvalue weighted by atomic mass is 9.98. The lowest BCUT2D eigenvalue weighted by Crippen LogP contribution is -2.01. The SMILES string of the molecule is [2H]c1c([2H])c([2H])c(-n2c3c([2H])c([2H])c([2H])c([2H])c3c3c([2H])c([2H])c(-c4nc(-c5c([2H])c6c([2H])c([2H])c([2H])c([2H])c6c6oc7c([2H])c([2H])c([2H])c([2H])c7c56)nc(-c5c([2H])c6c([2H])c([2H])c([2H])c([2H])c6c6oc7c([2H])c([2H])c([2H])c([2H])c7c56)n4)c([2H])c32)c([2H])c1[2H]. The second-order valence-corrected chi connectivity index (χ2v) is 12.8. The Hall–Kier alpha value is -8.09. The van der Waals surface area contributed by atoms with Gasteiger partial charge in [-0.25, -0.2) is 15.0 Å². The minimum atomic E-state index is -1.06. The molecule has 0 bridgehead atoms. The van der Waals surface area contributed by atoms with Crippen LogP contribution in [-0.2, 0) is 0 Å². The van der Waals surface area contributed by atoms with E-state index in [1.807, 2.05) is 0 Å². The summed E-state index contributed by atoms with van der Waals surface area (Å²) in [6.07, 6.45) is 0. The Labute approximate surface area is 378 Å². The monoisotopic (exact) mass is 784 g/mol. The fourth-order valence-electron chi connectivity index (χ4n) is 7.25. The van der Waals surface area contributed by atoms with E-state index >= 15 is 0 Å². The van der Waals surface area contributed by atoms with Crippen LogP contribution in [0.5, 0.6) is 0 Å². The van der Waals surface area contributed by atoms with Gasteiger partial charge in [0.15, 0.2) is 17.5 Å². The second-order valence-electron chi connectivity index (χ2n) is 12.8. The Morgan fingerprint density at radius 2 is 0.864 bits per heavy atom. The summed E-state index contributed by atoms with van der Waals surface area (Å²) in [6, 6.07) is -26.9. The molecule has 0 saturated carbocycles. The predicted octanol–water partition coefficient (Wildman–Crippen LogP) is 14.1. The topological polar surface area (TPSA) is 69.9 Å². The summed E-state index contributed by atoms with van der Waals surface area (Å²) < 4.78 is 285. The van der Waals surface area contributed by atoms with Gasteiger partial charge >= 0.3 is 0 Å². The molecule has 0 N–H and O–H groups in total. The molecule has 0 aliphatic heterocycles. The number of hydrogen-bond donors (Lipinski definition) is 0. The zero-order valence-electron chi connectivity index (χ0n) is 59.1. The minimum absolute atomic E-state index is 0.527. The number of hydrogen-bond acceptors (Lipinski definition) is 5. The number of nitrogens with zero attached hydrogens (tertiary/aromatic N) is 4. The summed E-state index contributed by atoms with van der Waals surface area (Å²) >= 11 is 0. The van der Waals surface area contributed by atoms with Crippen LogP contribution < -0.4 is 0 Å². The molecule has 0 aliphatic rings. The highest BCUT2D eigenvalue weighted by Crippen LogP contribution is 2.44. The van der Waals surface area contributed by atoms with Gasteiger partial charge in [0.1, 0.15) is 22.3 Å². The molecule has 0 aliphatic carbocycles. The first-order valence-electron chi connectivity index (χ1n) is 32.3. The number of aromatic nitrogens is 4. The number of furan rings is 2. The van der Waals surface area contributed by atoms with Crippen molar-refractivity contribution in [1.82, 2.24) is 19.5 Å². The van der Waals surface area contributed by atoms with Crippen molar-refractivity contribution >= 4 is 87.2 Å². The first kappa shape index (κ1) is 14.7. The maximum atomic E-state index is 10.2. The van der Waals surface area contributed by atoms with E-state index in [0.717, 1.165) is 0 Å². The highest BCUT2D eigenvalue weighted by atomic mass is 16.3. The van der Waals surface area contributed by atoms with Gasteiger partial charge in [0.2, 0.25) is 0 Å². The quantitative estimate of drug-likeness (QED) is 0.178. The fraction of sp³-hybridized carbons (Fsp3) is 0. The van der Waals surface area contributed by atoms with E-state index in [-0.39, 0.29) is 0 Å². The predicted molar refractivity (Wildman–Crippen MR) is 240 cm³/mol. The van der Waals surface area contributed by atoms with Crippen LogP contribution in [0.15, 0.2) is 190 Å². The van der Waals surface area contributed by atoms with Crippen molar-refractivity contribution in [1.29, 1.82) is 0 Å². The van der Waals surface area contributed by atoms with Gasteiger partial charge in [-0.1, -0.05) is 133 Å². The molecule has 0 fully saturated rings. The molecule has 13 rings (SSSR count). The number of rotatable bonds is 4. The molecule has 0 saturated heterocycles. The highest BCUT2D eigenvalue weighted by Gasteiger charge is 2.24. The van der Waals surface area contributed by atoms with Crippen molar-refractivity contribution in [3.05, 3.63) is 181 Å². The summed E-state index contributed by atoms with van der Waals surface area (Å²) in [5.41, 5.74) is -7.00. The molecular weight excluding hydrogens is 725 g/mol.